The van der Waals surface area contributed by atoms with Crippen molar-refractivity contribution in [1.29, 1.82) is 5.26 Å². The zero-order chi connectivity index (χ0) is 21.9. The number of aliphatic hydroxyl groups excluding tert-OH is 1. The summed E-state index contributed by atoms with van der Waals surface area (Å²) >= 11 is 0. The van der Waals surface area contributed by atoms with Gasteiger partial charge in [-0.25, -0.2) is 4.79 Å². The minimum absolute atomic E-state index is 0.0690. The Balaban J connectivity index is 1.60. The number of rotatable bonds is 5. The van der Waals surface area contributed by atoms with Gasteiger partial charge in [0, 0.05) is 25.6 Å². The molecule has 1 unspecified atom stereocenters. The molecule has 30 heavy (non-hydrogen) atoms. The Kier molecular flexibility index (Phi) is 7.22. The van der Waals surface area contributed by atoms with Gasteiger partial charge in [-0.05, 0) is 51.1 Å². The van der Waals surface area contributed by atoms with Crippen LogP contribution in [0.3, 0.4) is 0 Å². The summed E-state index contributed by atoms with van der Waals surface area (Å²) in [6.45, 7) is 6.97. The molecule has 0 radical (unpaired) electrons. The van der Waals surface area contributed by atoms with E-state index in [0.29, 0.717) is 25.9 Å². The molecule has 0 aromatic rings. The van der Waals surface area contributed by atoms with Crippen LogP contribution < -0.4 is 10.6 Å². The van der Waals surface area contributed by atoms with Crippen LogP contribution in [-0.4, -0.2) is 84.5 Å². The highest BCUT2D eigenvalue weighted by Crippen LogP contribution is 2.35. The summed E-state index contributed by atoms with van der Waals surface area (Å²) in [5.41, 5.74) is -0.207. The average molecular weight is 422 g/mol. The van der Waals surface area contributed by atoms with Crippen LogP contribution in [0.15, 0.2) is 0 Å². The molecule has 3 heterocycles. The highest BCUT2D eigenvalue weighted by atomic mass is 16.6. The zero-order valence-corrected chi connectivity index (χ0v) is 18.3. The van der Waals surface area contributed by atoms with E-state index in [1.807, 2.05) is 20.9 Å². The lowest BCUT2D eigenvalue weighted by Crippen LogP contribution is -2.50. The predicted octanol–water partition coefficient (Wildman–Crippen LogP) is 0.644. The summed E-state index contributed by atoms with van der Waals surface area (Å²) < 4.78 is 5.72. The van der Waals surface area contributed by atoms with Crippen LogP contribution in [0.4, 0.5) is 4.79 Å². The Morgan fingerprint density at radius 1 is 1.33 bits per heavy atom. The molecule has 3 fully saturated rings. The molecule has 168 valence electrons. The van der Waals surface area contributed by atoms with Crippen molar-refractivity contribution in [2.45, 2.75) is 70.4 Å². The second-order valence-electron chi connectivity index (χ2n) is 9.77. The van der Waals surface area contributed by atoms with Crippen molar-refractivity contribution < 1.29 is 19.4 Å². The van der Waals surface area contributed by atoms with Crippen molar-refractivity contribution in [2.24, 2.45) is 11.3 Å². The Morgan fingerprint density at radius 2 is 2.03 bits per heavy atom. The molecule has 2 amide bonds. The quantitative estimate of drug-likeness (QED) is 0.596. The number of hydrogen-bond acceptors (Lipinski definition) is 7. The van der Waals surface area contributed by atoms with E-state index in [9.17, 15) is 20.0 Å². The van der Waals surface area contributed by atoms with Crippen LogP contribution >= 0.6 is 0 Å². The number of amides is 2. The molecule has 3 rings (SSSR count). The van der Waals surface area contributed by atoms with Gasteiger partial charge in [0.1, 0.15) is 24.4 Å². The molecule has 3 saturated heterocycles. The van der Waals surface area contributed by atoms with Crippen molar-refractivity contribution in [3.63, 3.8) is 0 Å². The first-order valence-corrected chi connectivity index (χ1v) is 11.0. The standard InChI is InChI=1S/C21H35N5O4/c1-21(2)11-17(19(28)24-15(12-22)10-14-4-7-23-18(14)27)26(13-21)20(29)30-16-5-8-25(3)9-6-16/h14-18,23,27H,4-11,13H2,1-3H3,(H,24,28)/t14-,15-,17-,18?/m0/s1. The number of nitrogens with one attached hydrogen (secondary N) is 2. The fourth-order valence-corrected chi connectivity index (χ4v) is 4.71. The van der Waals surface area contributed by atoms with Crippen LogP contribution in [0.1, 0.15) is 46.0 Å². The van der Waals surface area contributed by atoms with Crippen molar-refractivity contribution in [3.05, 3.63) is 0 Å². The number of carbonyl (C=O) groups is 2. The van der Waals surface area contributed by atoms with Gasteiger partial charge >= 0.3 is 6.09 Å². The van der Waals surface area contributed by atoms with Crippen molar-refractivity contribution in [1.82, 2.24) is 20.4 Å². The maximum Gasteiger partial charge on any atom is 0.410 e. The lowest BCUT2D eigenvalue weighted by atomic mass is 9.90. The van der Waals surface area contributed by atoms with E-state index in [4.69, 9.17) is 4.74 Å². The predicted molar refractivity (Wildman–Crippen MR) is 110 cm³/mol. The summed E-state index contributed by atoms with van der Waals surface area (Å²) in [5, 5.41) is 25.2. The molecule has 0 bridgehead atoms. The molecule has 4 atom stereocenters. The molecular formula is C21H35N5O4. The minimum atomic E-state index is -0.701. The number of aliphatic hydroxyl groups is 1. The lowest BCUT2D eigenvalue weighted by Gasteiger charge is -2.31. The first-order chi connectivity index (χ1) is 14.2. The maximum absolute atomic E-state index is 13.0. The Bertz CT molecular complexity index is 671. The molecule has 3 N–H and O–H groups in total. The second kappa shape index (κ2) is 9.50. The third-order valence-electron chi connectivity index (χ3n) is 6.52. The zero-order valence-electron chi connectivity index (χ0n) is 18.3. The van der Waals surface area contributed by atoms with Gasteiger partial charge in [0.2, 0.25) is 5.91 Å². The van der Waals surface area contributed by atoms with Crippen LogP contribution in [0.25, 0.3) is 0 Å². The Labute approximate surface area is 178 Å². The summed E-state index contributed by atoms with van der Waals surface area (Å²) in [6, 6.07) is 0.775. The number of nitriles is 1. The largest absolute Gasteiger partial charge is 0.446 e. The Hall–Kier alpha value is -1.89. The average Bonchev–Trinajstić information content (AvgIpc) is 3.25. The van der Waals surface area contributed by atoms with E-state index in [1.54, 1.807) is 0 Å². The molecule has 0 aromatic carbocycles. The molecular weight excluding hydrogens is 386 g/mol. The van der Waals surface area contributed by atoms with Crippen molar-refractivity contribution >= 4 is 12.0 Å². The molecule has 0 saturated carbocycles. The highest BCUT2D eigenvalue weighted by molar-refractivity contribution is 5.87. The van der Waals surface area contributed by atoms with Gasteiger partial charge in [-0.2, -0.15) is 5.26 Å². The smallest absolute Gasteiger partial charge is 0.410 e. The topological polar surface area (TPSA) is 118 Å². The van der Waals surface area contributed by atoms with Gasteiger partial charge in [-0.1, -0.05) is 13.8 Å². The van der Waals surface area contributed by atoms with Crippen LogP contribution in [0.5, 0.6) is 0 Å². The lowest BCUT2D eigenvalue weighted by molar-refractivity contribution is -0.125. The normalized spacial score (nSPS) is 30.6. The van der Waals surface area contributed by atoms with Gasteiger partial charge in [-0.3, -0.25) is 15.0 Å². The molecule has 9 nitrogen and oxygen atoms in total. The minimum Gasteiger partial charge on any atom is -0.446 e. The number of nitrogens with zero attached hydrogens (tertiary/aromatic N) is 3. The number of carbonyl (C=O) groups excluding carboxylic acids is 2. The van der Waals surface area contributed by atoms with Gasteiger partial charge < -0.3 is 20.1 Å². The van der Waals surface area contributed by atoms with E-state index >= 15 is 0 Å². The highest BCUT2D eigenvalue weighted by Gasteiger charge is 2.45. The molecule has 0 spiro atoms. The van der Waals surface area contributed by atoms with Gasteiger partial charge in [0.25, 0.3) is 0 Å². The van der Waals surface area contributed by atoms with E-state index in [1.165, 1.54) is 4.90 Å². The van der Waals surface area contributed by atoms with E-state index in [2.05, 4.69) is 21.6 Å². The summed E-state index contributed by atoms with van der Waals surface area (Å²) in [5.74, 6) is -0.395. The molecule has 0 aromatic heterocycles. The monoisotopic (exact) mass is 421 g/mol. The third-order valence-corrected chi connectivity index (χ3v) is 6.52. The SMILES string of the molecule is CN1CCC(OC(=O)N2CC(C)(C)C[C@H]2C(=O)N[C@H](C#N)C[C@@H]2CCNC2O)CC1. The summed E-state index contributed by atoms with van der Waals surface area (Å²) in [7, 11) is 2.05. The molecule has 3 aliphatic heterocycles. The number of hydrogen-bond donors (Lipinski definition) is 3. The summed E-state index contributed by atoms with van der Waals surface area (Å²) in [4.78, 5) is 29.6. The maximum atomic E-state index is 13.0. The third kappa shape index (κ3) is 5.62. The van der Waals surface area contributed by atoms with Crippen LogP contribution in [0.2, 0.25) is 0 Å². The number of likely N-dealkylation sites (tertiary alicyclic amines) is 2. The van der Waals surface area contributed by atoms with Gasteiger partial charge in [0.05, 0.1) is 6.07 Å². The van der Waals surface area contributed by atoms with Crippen LogP contribution in [0, 0.1) is 22.7 Å². The van der Waals surface area contributed by atoms with Crippen molar-refractivity contribution in [2.75, 3.05) is 33.2 Å². The molecule has 3 aliphatic rings. The fraction of sp³-hybridized carbons (Fsp3) is 0.857. The van der Waals surface area contributed by atoms with E-state index in [0.717, 1.165) is 32.4 Å². The molecule has 0 aliphatic carbocycles. The van der Waals surface area contributed by atoms with E-state index < -0.39 is 24.4 Å². The van der Waals surface area contributed by atoms with E-state index in [-0.39, 0.29) is 23.3 Å². The number of ether oxygens (including phenoxy) is 1. The first-order valence-electron chi connectivity index (χ1n) is 11.0. The molecule has 9 heteroatoms. The summed E-state index contributed by atoms with van der Waals surface area (Å²) in [6.07, 6.45) is 2.04. The fourth-order valence-electron chi connectivity index (χ4n) is 4.71. The number of piperidine rings is 1. The first kappa shape index (κ1) is 22.8. The van der Waals surface area contributed by atoms with Crippen molar-refractivity contribution in [3.8, 4) is 6.07 Å². The van der Waals surface area contributed by atoms with Gasteiger partial charge in [0.15, 0.2) is 0 Å². The van der Waals surface area contributed by atoms with Crippen LogP contribution in [-0.2, 0) is 9.53 Å². The van der Waals surface area contributed by atoms with Gasteiger partial charge in [-0.15, -0.1) is 0 Å². The second-order valence-corrected chi connectivity index (χ2v) is 9.77. The Morgan fingerprint density at radius 3 is 2.63 bits per heavy atom.